The molecule has 6 rings (SSSR count). The van der Waals surface area contributed by atoms with Gasteiger partial charge in [0.1, 0.15) is 17.4 Å². The van der Waals surface area contributed by atoms with Crippen molar-refractivity contribution in [3.05, 3.63) is 54.5 Å². The molecule has 0 saturated carbocycles. The quantitative estimate of drug-likeness (QED) is 0.383. The Morgan fingerprint density at radius 1 is 1.08 bits per heavy atom. The number of fused-ring (bicyclic) bond motifs is 1. The smallest absolute Gasteiger partial charge is 0.410 e. The molecule has 1 atom stereocenters. The molecular formula is C29H35N7O3. The molecule has 0 spiro atoms. The van der Waals surface area contributed by atoms with Crippen LogP contribution in [0.1, 0.15) is 64.1 Å². The third-order valence-electron chi connectivity index (χ3n) is 7.51. The van der Waals surface area contributed by atoms with Crippen LogP contribution in [-0.2, 0) is 9.47 Å². The summed E-state index contributed by atoms with van der Waals surface area (Å²) in [5.74, 6) is 0.411. The highest BCUT2D eigenvalue weighted by Crippen LogP contribution is 2.39. The van der Waals surface area contributed by atoms with Crippen molar-refractivity contribution in [2.45, 2.75) is 64.1 Å². The molecule has 1 aromatic carbocycles. The highest BCUT2D eigenvalue weighted by atomic mass is 16.6. The molecule has 3 aromatic heterocycles. The van der Waals surface area contributed by atoms with Crippen molar-refractivity contribution in [3.8, 4) is 22.5 Å². The van der Waals surface area contributed by atoms with Gasteiger partial charge >= 0.3 is 6.09 Å². The molecule has 0 bridgehead atoms. The molecule has 1 amide bonds. The number of carbonyl (C=O) groups excluding carboxylic acids is 1. The molecule has 39 heavy (non-hydrogen) atoms. The second-order valence-corrected chi connectivity index (χ2v) is 11.3. The summed E-state index contributed by atoms with van der Waals surface area (Å²) in [6.45, 7) is 7.83. The summed E-state index contributed by atoms with van der Waals surface area (Å²) in [4.78, 5) is 19.1. The van der Waals surface area contributed by atoms with Crippen LogP contribution >= 0.6 is 0 Å². The van der Waals surface area contributed by atoms with Gasteiger partial charge in [-0.2, -0.15) is 10.2 Å². The maximum Gasteiger partial charge on any atom is 0.410 e. The van der Waals surface area contributed by atoms with Gasteiger partial charge in [-0.3, -0.25) is 4.68 Å². The van der Waals surface area contributed by atoms with Crippen molar-refractivity contribution >= 4 is 17.4 Å². The Kier molecular flexibility index (Phi) is 6.50. The Bertz CT molecular complexity index is 1500. The molecule has 2 aliphatic heterocycles. The number of hydrogen-bond acceptors (Lipinski definition) is 7. The zero-order valence-electron chi connectivity index (χ0n) is 22.7. The van der Waals surface area contributed by atoms with E-state index in [2.05, 4.69) is 44.1 Å². The van der Waals surface area contributed by atoms with E-state index >= 15 is 0 Å². The number of rotatable bonds is 4. The van der Waals surface area contributed by atoms with Crippen molar-refractivity contribution in [1.82, 2.24) is 29.3 Å². The summed E-state index contributed by atoms with van der Waals surface area (Å²) in [6, 6.07) is 12.7. The lowest BCUT2D eigenvalue weighted by molar-refractivity contribution is 0.0224. The van der Waals surface area contributed by atoms with Crippen LogP contribution in [0.2, 0.25) is 0 Å². The predicted octanol–water partition coefficient (Wildman–Crippen LogP) is 5.27. The minimum Gasteiger partial charge on any atom is -0.444 e. The largest absolute Gasteiger partial charge is 0.444 e. The molecule has 204 valence electrons. The van der Waals surface area contributed by atoms with Gasteiger partial charge in [-0.05, 0) is 70.2 Å². The SMILES string of the molecule is CC(C)(C)OC(=O)N1CCCC1c1cccc(-c2cc(-c3ccnn3C3CCOCC3)c3c(N)ncnn23)c1. The lowest BCUT2D eigenvalue weighted by atomic mass is 10.0. The molecule has 2 fully saturated rings. The maximum atomic E-state index is 13.0. The Labute approximate surface area is 227 Å². The molecule has 0 radical (unpaired) electrons. The van der Waals surface area contributed by atoms with Crippen LogP contribution in [0.4, 0.5) is 10.6 Å². The van der Waals surface area contributed by atoms with E-state index in [1.807, 2.05) is 48.5 Å². The Morgan fingerprint density at radius 3 is 2.69 bits per heavy atom. The van der Waals surface area contributed by atoms with Crippen molar-refractivity contribution in [1.29, 1.82) is 0 Å². The first-order valence-electron chi connectivity index (χ1n) is 13.6. The van der Waals surface area contributed by atoms with Crippen molar-refractivity contribution in [3.63, 3.8) is 0 Å². The monoisotopic (exact) mass is 529 g/mol. The highest BCUT2D eigenvalue weighted by molar-refractivity contribution is 5.91. The van der Waals surface area contributed by atoms with E-state index < -0.39 is 5.60 Å². The molecule has 10 heteroatoms. The average molecular weight is 530 g/mol. The zero-order chi connectivity index (χ0) is 27.1. The minimum atomic E-state index is -0.538. The number of benzene rings is 1. The van der Waals surface area contributed by atoms with E-state index in [1.165, 1.54) is 6.33 Å². The first kappa shape index (κ1) is 25.4. The number of aromatic nitrogens is 5. The average Bonchev–Trinajstić information content (AvgIpc) is 3.67. The standard InChI is InChI=1S/C29H35N7O3/c1-29(2,3)39-28(37)34-13-5-8-23(34)19-6-4-7-20(16-19)25-17-22(26-27(30)31-18-33-36(25)26)24-9-12-32-35(24)21-10-14-38-15-11-21/h4,6-7,9,12,16-18,21,23H,5,8,10-11,13-15H2,1-3H3,(H2,30,31,33). The molecule has 2 aliphatic rings. The van der Waals surface area contributed by atoms with Gasteiger partial charge in [0.05, 0.1) is 23.5 Å². The van der Waals surface area contributed by atoms with Crippen LogP contribution in [0.15, 0.2) is 48.9 Å². The van der Waals surface area contributed by atoms with Gasteiger partial charge in [-0.15, -0.1) is 0 Å². The third-order valence-corrected chi connectivity index (χ3v) is 7.51. The normalized spacial score (nSPS) is 18.6. The fourth-order valence-corrected chi connectivity index (χ4v) is 5.77. The summed E-state index contributed by atoms with van der Waals surface area (Å²) < 4.78 is 15.2. The van der Waals surface area contributed by atoms with E-state index in [0.29, 0.717) is 12.4 Å². The number of carbonyl (C=O) groups is 1. The van der Waals surface area contributed by atoms with E-state index in [0.717, 1.165) is 72.5 Å². The minimum absolute atomic E-state index is 0.0415. The van der Waals surface area contributed by atoms with Gasteiger partial charge in [-0.25, -0.2) is 14.3 Å². The van der Waals surface area contributed by atoms with Gasteiger partial charge in [0.2, 0.25) is 0 Å². The van der Waals surface area contributed by atoms with Gasteiger partial charge in [0.25, 0.3) is 0 Å². The molecule has 10 nitrogen and oxygen atoms in total. The Balaban J connectivity index is 1.40. The molecule has 2 saturated heterocycles. The number of ether oxygens (including phenoxy) is 2. The van der Waals surface area contributed by atoms with Crippen molar-refractivity contribution in [2.24, 2.45) is 0 Å². The third kappa shape index (κ3) is 4.85. The van der Waals surface area contributed by atoms with E-state index in [-0.39, 0.29) is 18.2 Å². The summed E-state index contributed by atoms with van der Waals surface area (Å²) >= 11 is 0. The van der Waals surface area contributed by atoms with Gasteiger partial charge in [-0.1, -0.05) is 18.2 Å². The summed E-state index contributed by atoms with van der Waals surface area (Å²) in [5.41, 5.74) is 11.5. The molecule has 2 N–H and O–H groups in total. The Hall–Kier alpha value is -3.92. The number of anilines is 1. The number of amides is 1. The van der Waals surface area contributed by atoms with Gasteiger partial charge < -0.3 is 20.1 Å². The maximum absolute atomic E-state index is 13.0. The first-order valence-corrected chi connectivity index (χ1v) is 13.6. The van der Waals surface area contributed by atoms with E-state index in [1.54, 1.807) is 0 Å². The number of nitrogens with zero attached hydrogens (tertiary/aromatic N) is 6. The Morgan fingerprint density at radius 2 is 1.90 bits per heavy atom. The van der Waals surface area contributed by atoms with Crippen LogP contribution in [-0.4, -0.2) is 60.7 Å². The fraction of sp³-hybridized carbons (Fsp3) is 0.448. The predicted molar refractivity (Wildman–Crippen MR) is 148 cm³/mol. The lowest BCUT2D eigenvalue weighted by Crippen LogP contribution is -2.36. The molecule has 1 unspecified atom stereocenters. The number of nitrogen functional groups attached to an aromatic ring is 1. The second kappa shape index (κ2) is 10.00. The van der Waals surface area contributed by atoms with Gasteiger partial charge in [0, 0.05) is 37.1 Å². The molecule has 4 aromatic rings. The van der Waals surface area contributed by atoms with Crippen LogP contribution in [0.3, 0.4) is 0 Å². The van der Waals surface area contributed by atoms with Crippen LogP contribution in [0.25, 0.3) is 28.0 Å². The molecular weight excluding hydrogens is 494 g/mol. The summed E-state index contributed by atoms with van der Waals surface area (Å²) in [6.07, 6.45) is 6.70. The van der Waals surface area contributed by atoms with E-state index in [4.69, 9.17) is 15.2 Å². The number of likely N-dealkylation sites (tertiary alicyclic amines) is 1. The van der Waals surface area contributed by atoms with Gasteiger partial charge in [0.15, 0.2) is 5.82 Å². The van der Waals surface area contributed by atoms with Crippen LogP contribution < -0.4 is 5.73 Å². The zero-order valence-corrected chi connectivity index (χ0v) is 22.7. The van der Waals surface area contributed by atoms with E-state index in [9.17, 15) is 4.79 Å². The van der Waals surface area contributed by atoms with Crippen LogP contribution in [0, 0.1) is 0 Å². The topological polar surface area (TPSA) is 113 Å². The molecule has 5 heterocycles. The number of nitrogens with two attached hydrogens (primary N) is 1. The summed E-state index contributed by atoms with van der Waals surface area (Å²) in [7, 11) is 0. The number of hydrogen-bond donors (Lipinski definition) is 1. The van der Waals surface area contributed by atoms with Crippen molar-refractivity contribution in [2.75, 3.05) is 25.5 Å². The fourth-order valence-electron chi connectivity index (χ4n) is 5.77. The molecule has 0 aliphatic carbocycles. The highest BCUT2D eigenvalue weighted by Gasteiger charge is 2.33. The summed E-state index contributed by atoms with van der Waals surface area (Å²) in [5, 5.41) is 9.27. The second-order valence-electron chi connectivity index (χ2n) is 11.3. The van der Waals surface area contributed by atoms with Crippen molar-refractivity contribution < 1.29 is 14.3 Å². The van der Waals surface area contributed by atoms with Crippen LogP contribution in [0.5, 0.6) is 0 Å². The first-order chi connectivity index (χ1) is 18.8. The lowest BCUT2D eigenvalue weighted by Gasteiger charge is -2.29.